The molecule has 1 amide bonds. The van der Waals surface area contributed by atoms with Crippen molar-refractivity contribution in [2.24, 2.45) is 0 Å². The van der Waals surface area contributed by atoms with Crippen LogP contribution in [0.5, 0.6) is 0 Å². The Balaban J connectivity index is 1.37. The van der Waals surface area contributed by atoms with E-state index in [1.165, 1.54) is 18.4 Å². The average Bonchev–Trinajstić information content (AvgIpc) is 3.37. The van der Waals surface area contributed by atoms with E-state index in [-0.39, 0.29) is 5.91 Å². The second-order valence-corrected chi connectivity index (χ2v) is 7.90. The average molecular weight is 403 g/mol. The number of hydrogen-bond donors (Lipinski definition) is 3. The molecule has 30 heavy (non-hydrogen) atoms. The lowest BCUT2D eigenvalue weighted by atomic mass is 9.90. The van der Waals surface area contributed by atoms with Gasteiger partial charge in [0.2, 0.25) is 5.95 Å². The standard InChI is InChI=1S/C23H26N6O/c1-2-29-23(26-19-7-8-20-18(13-19)14-25-22(20)30)27-21(28-29)17-5-3-15(4-6-17)16-9-11-24-12-10-16/h3-8,13,16,24H,2,9-12,14H2,1H3,(H,25,30)(H,26,27,28). The Hall–Kier alpha value is -3.19. The van der Waals surface area contributed by atoms with Crippen molar-refractivity contribution < 1.29 is 4.79 Å². The van der Waals surface area contributed by atoms with Crippen molar-refractivity contribution in [3.63, 3.8) is 0 Å². The number of piperidine rings is 1. The second-order valence-electron chi connectivity index (χ2n) is 7.90. The van der Waals surface area contributed by atoms with Crippen LogP contribution < -0.4 is 16.0 Å². The Morgan fingerprint density at radius 1 is 1.13 bits per heavy atom. The molecule has 3 aromatic rings. The minimum atomic E-state index is -0.0107. The van der Waals surface area contributed by atoms with Crippen LogP contribution in [0.1, 0.15) is 47.2 Å². The molecule has 0 saturated carbocycles. The van der Waals surface area contributed by atoms with E-state index in [1.54, 1.807) is 0 Å². The van der Waals surface area contributed by atoms with E-state index in [0.29, 0.717) is 30.8 Å². The Labute approximate surface area is 175 Å². The third-order valence-electron chi connectivity index (χ3n) is 6.00. The van der Waals surface area contributed by atoms with Gasteiger partial charge in [-0.1, -0.05) is 24.3 Å². The summed E-state index contributed by atoms with van der Waals surface area (Å²) in [4.78, 5) is 16.5. The summed E-state index contributed by atoms with van der Waals surface area (Å²) in [6.07, 6.45) is 2.38. The Morgan fingerprint density at radius 3 is 2.70 bits per heavy atom. The first-order chi connectivity index (χ1) is 14.7. The zero-order valence-corrected chi connectivity index (χ0v) is 17.1. The molecule has 0 radical (unpaired) electrons. The summed E-state index contributed by atoms with van der Waals surface area (Å²) in [5, 5.41) is 14.3. The molecule has 154 valence electrons. The molecule has 2 aromatic carbocycles. The Morgan fingerprint density at radius 2 is 1.93 bits per heavy atom. The lowest BCUT2D eigenvalue weighted by Gasteiger charge is -2.22. The van der Waals surface area contributed by atoms with Crippen LogP contribution in [-0.4, -0.2) is 33.8 Å². The van der Waals surface area contributed by atoms with E-state index in [0.717, 1.165) is 35.5 Å². The van der Waals surface area contributed by atoms with Crippen molar-refractivity contribution in [1.82, 2.24) is 25.4 Å². The van der Waals surface area contributed by atoms with Crippen LogP contribution in [0.2, 0.25) is 0 Å². The molecule has 7 heteroatoms. The van der Waals surface area contributed by atoms with Gasteiger partial charge in [-0.3, -0.25) is 4.79 Å². The number of aromatic nitrogens is 3. The van der Waals surface area contributed by atoms with E-state index >= 15 is 0 Å². The van der Waals surface area contributed by atoms with Gasteiger partial charge in [0.25, 0.3) is 5.91 Å². The van der Waals surface area contributed by atoms with Crippen LogP contribution in [-0.2, 0) is 13.1 Å². The summed E-state index contributed by atoms with van der Waals surface area (Å²) in [5.74, 6) is 2.05. The maximum atomic E-state index is 11.8. The van der Waals surface area contributed by atoms with E-state index in [9.17, 15) is 4.79 Å². The number of hydrogen-bond acceptors (Lipinski definition) is 5. The fourth-order valence-corrected chi connectivity index (χ4v) is 4.28. The van der Waals surface area contributed by atoms with E-state index in [1.807, 2.05) is 22.9 Å². The van der Waals surface area contributed by atoms with Crippen LogP contribution in [0, 0.1) is 0 Å². The van der Waals surface area contributed by atoms with Gasteiger partial charge in [0.15, 0.2) is 5.82 Å². The van der Waals surface area contributed by atoms with Crippen molar-refractivity contribution in [3.8, 4) is 11.4 Å². The first-order valence-electron chi connectivity index (χ1n) is 10.7. The molecule has 0 bridgehead atoms. The SMILES string of the molecule is CCn1nc(-c2ccc(C3CCNCC3)cc2)nc1Nc1ccc2c(c1)CNC2=O. The van der Waals surface area contributed by atoms with Crippen molar-refractivity contribution >= 4 is 17.5 Å². The van der Waals surface area contributed by atoms with E-state index in [4.69, 9.17) is 4.98 Å². The van der Waals surface area contributed by atoms with Gasteiger partial charge in [-0.25, -0.2) is 4.68 Å². The molecule has 2 aliphatic heterocycles. The number of nitrogens with one attached hydrogen (secondary N) is 3. The highest BCUT2D eigenvalue weighted by atomic mass is 16.1. The topological polar surface area (TPSA) is 83.9 Å². The summed E-state index contributed by atoms with van der Waals surface area (Å²) in [6, 6.07) is 14.5. The maximum Gasteiger partial charge on any atom is 0.251 e. The summed E-state index contributed by atoms with van der Waals surface area (Å²) in [5.41, 5.74) is 5.06. The number of fused-ring (bicyclic) bond motifs is 1. The number of carbonyl (C=O) groups is 1. The monoisotopic (exact) mass is 402 g/mol. The van der Waals surface area contributed by atoms with Gasteiger partial charge in [-0.2, -0.15) is 4.98 Å². The minimum Gasteiger partial charge on any atom is -0.348 e. The third-order valence-corrected chi connectivity index (χ3v) is 6.00. The molecule has 0 aliphatic carbocycles. The van der Waals surface area contributed by atoms with Crippen LogP contribution in [0.25, 0.3) is 11.4 Å². The van der Waals surface area contributed by atoms with E-state index < -0.39 is 0 Å². The van der Waals surface area contributed by atoms with Gasteiger partial charge in [0.1, 0.15) is 0 Å². The van der Waals surface area contributed by atoms with Crippen LogP contribution in [0.15, 0.2) is 42.5 Å². The molecule has 7 nitrogen and oxygen atoms in total. The van der Waals surface area contributed by atoms with Gasteiger partial charge in [-0.05, 0) is 68.1 Å². The van der Waals surface area contributed by atoms with Crippen LogP contribution >= 0.6 is 0 Å². The lowest BCUT2D eigenvalue weighted by molar-refractivity contribution is 0.0966. The Kier molecular flexibility index (Phi) is 4.96. The molecule has 1 fully saturated rings. The molecular formula is C23H26N6O. The predicted molar refractivity (Wildman–Crippen MR) is 117 cm³/mol. The molecule has 1 aromatic heterocycles. The Bertz CT molecular complexity index is 1070. The molecule has 1 saturated heterocycles. The summed E-state index contributed by atoms with van der Waals surface area (Å²) < 4.78 is 1.87. The highest BCUT2D eigenvalue weighted by Crippen LogP contribution is 2.28. The van der Waals surface area contributed by atoms with Gasteiger partial charge in [-0.15, -0.1) is 5.10 Å². The van der Waals surface area contributed by atoms with Crippen LogP contribution in [0.3, 0.4) is 0 Å². The summed E-state index contributed by atoms with van der Waals surface area (Å²) >= 11 is 0. The van der Waals surface area contributed by atoms with Gasteiger partial charge in [0, 0.05) is 29.9 Å². The largest absolute Gasteiger partial charge is 0.348 e. The number of carbonyl (C=O) groups excluding carboxylic acids is 1. The van der Waals surface area contributed by atoms with Crippen LogP contribution in [0.4, 0.5) is 11.6 Å². The highest BCUT2D eigenvalue weighted by Gasteiger charge is 2.20. The maximum absolute atomic E-state index is 11.8. The molecule has 0 unspecified atom stereocenters. The smallest absolute Gasteiger partial charge is 0.251 e. The molecule has 3 heterocycles. The number of aryl methyl sites for hydroxylation is 1. The van der Waals surface area contributed by atoms with Crippen molar-refractivity contribution in [2.45, 2.75) is 38.8 Å². The third kappa shape index (κ3) is 3.57. The molecule has 3 N–H and O–H groups in total. The zero-order valence-electron chi connectivity index (χ0n) is 17.1. The van der Waals surface area contributed by atoms with Crippen molar-refractivity contribution in [3.05, 3.63) is 59.2 Å². The van der Waals surface area contributed by atoms with Gasteiger partial charge >= 0.3 is 0 Å². The first-order valence-corrected chi connectivity index (χ1v) is 10.7. The summed E-state index contributed by atoms with van der Waals surface area (Å²) in [6.45, 7) is 5.52. The van der Waals surface area contributed by atoms with Crippen molar-refractivity contribution in [1.29, 1.82) is 0 Å². The highest BCUT2D eigenvalue weighted by molar-refractivity contribution is 5.98. The first kappa shape index (κ1) is 18.8. The fourth-order valence-electron chi connectivity index (χ4n) is 4.28. The number of anilines is 2. The molecule has 0 spiro atoms. The molecule has 0 atom stereocenters. The normalized spacial score (nSPS) is 16.4. The minimum absolute atomic E-state index is 0.0107. The van der Waals surface area contributed by atoms with Gasteiger partial charge in [0.05, 0.1) is 0 Å². The number of benzene rings is 2. The molecular weight excluding hydrogens is 376 g/mol. The van der Waals surface area contributed by atoms with Gasteiger partial charge < -0.3 is 16.0 Å². The zero-order chi connectivity index (χ0) is 20.5. The predicted octanol–water partition coefficient (Wildman–Crippen LogP) is 3.42. The molecule has 2 aliphatic rings. The quantitative estimate of drug-likeness (QED) is 0.609. The fraction of sp³-hybridized carbons (Fsp3) is 0.348. The molecule has 5 rings (SSSR count). The number of nitrogens with zero attached hydrogens (tertiary/aromatic N) is 3. The second kappa shape index (κ2) is 7.91. The van der Waals surface area contributed by atoms with Crippen molar-refractivity contribution in [2.75, 3.05) is 18.4 Å². The van der Waals surface area contributed by atoms with E-state index in [2.05, 4.69) is 52.2 Å². The summed E-state index contributed by atoms with van der Waals surface area (Å²) in [7, 11) is 0. The number of amides is 1. The number of rotatable bonds is 5. The lowest BCUT2D eigenvalue weighted by Crippen LogP contribution is -2.26.